The quantitative estimate of drug-likeness (QED) is 0.856. The topological polar surface area (TPSA) is 38.1 Å². The van der Waals surface area contributed by atoms with E-state index in [1.165, 1.54) is 10.2 Å². The third-order valence-corrected chi connectivity index (χ3v) is 4.80. The number of rotatable bonds is 3. The Balaban J connectivity index is 1.73. The molecule has 0 radical (unpaired) electrons. The zero-order valence-electron chi connectivity index (χ0n) is 12.0. The minimum atomic E-state index is -0.0843. The van der Waals surface area contributed by atoms with E-state index in [-0.39, 0.29) is 5.56 Å². The molecule has 0 aliphatic carbocycles. The van der Waals surface area contributed by atoms with Crippen LogP contribution in [0.2, 0.25) is 0 Å². The molecule has 1 aliphatic heterocycles. The predicted molar refractivity (Wildman–Crippen MR) is 87.6 cm³/mol. The first-order valence-corrected chi connectivity index (χ1v) is 7.95. The highest BCUT2D eigenvalue weighted by Crippen LogP contribution is 2.29. The van der Waals surface area contributed by atoms with Gasteiger partial charge in [0.1, 0.15) is 4.47 Å². The summed E-state index contributed by atoms with van der Waals surface area (Å²) in [5.74, 6) is 0.628. The van der Waals surface area contributed by atoms with Crippen LogP contribution >= 0.6 is 15.9 Å². The Morgan fingerprint density at radius 1 is 1.33 bits per heavy atom. The lowest BCUT2D eigenvalue weighted by molar-refractivity contribution is 0.586. The molecule has 4 nitrogen and oxygen atoms in total. The van der Waals surface area contributed by atoms with Crippen molar-refractivity contribution in [3.05, 3.63) is 56.9 Å². The van der Waals surface area contributed by atoms with Crippen LogP contribution in [0.1, 0.15) is 12.0 Å². The highest BCUT2D eigenvalue weighted by atomic mass is 79.9. The molecule has 0 bridgehead atoms. The molecule has 0 unspecified atom stereocenters. The molecule has 1 aromatic carbocycles. The first kappa shape index (κ1) is 14.3. The number of benzene rings is 1. The number of halogens is 1. The molecule has 3 rings (SSSR count). The molecule has 5 heteroatoms. The number of hydrogen-bond acceptors (Lipinski definition) is 3. The van der Waals surface area contributed by atoms with Gasteiger partial charge < -0.3 is 4.90 Å². The van der Waals surface area contributed by atoms with Crippen LogP contribution in [-0.2, 0) is 13.5 Å². The van der Waals surface area contributed by atoms with Gasteiger partial charge in [-0.3, -0.25) is 4.79 Å². The molecule has 1 saturated heterocycles. The van der Waals surface area contributed by atoms with Gasteiger partial charge in [0, 0.05) is 20.1 Å². The van der Waals surface area contributed by atoms with Crippen LogP contribution in [-0.4, -0.2) is 22.9 Å². The first-order chi connectivity index (χ1) is 10.1. The highest BCUT2D eigenvalue weighted by Gasteiger charge is 2.25. The van der Waals surface area contributed by atoms with E-state index in [9.17, 15) is 4.79 Å². The van der Waals surface area contributed by atoms with Crippen molar-refractivity contribution < 1.29 is 0 Å². The normalized spacial score (nSPS) is 18.2. The molecule has 1 atom stereocenters. The van der Waals surface area contributed by atoms with Crippen molar-refractivity contribution in [2.45, 2.75) is 12.8 Å². The average Bonchev–Trinajstić information content (AvgIpc) is 2.94. The second-order valence-electron chi connectivity index (χ2n) is 5.56. The van der Waals surface area contributed by atoms with Gasteiger partial charge in [0.15, 0.2) is 0 Å². The largest absolute Gasteiger partial charge is 0.369 e. The maximum Gasteiger partial charge on any atom is 0.282 e. The third kappa shape index (κ3) is 3.02. The van der Waals surface area contributed by atoms with Gasteiger partial charge in [0.05, 0.1) is 11.9 Å². The van der Waals surface area contributed by atoms with Crippen LogP contribution in [0.3, 0.4) is 0 Å². The summed E-state index contributed by atoms with van der Waals surface area (Å²) >= 11 is 3.41. The molecule has 110 valence electrons. The molecule has 0 saturated carbocycles. The number of anilines is 1. The summed E-state index contributed by atoms with van der Waals surface area (Å²) in [5.41, 5.74) is 2.21. The minimum Gasteiger partial charge on any atom is -0.369 e. The molecule has 2 aromatic rings. The maximum absolute atomic E-state index is 11.9. The number of hydrogen-bond donors (Lipinski definition) is 0. The van der Waals surface area contributed by atoms with Gasteiger partial charge in [-0.05, 0) is 40.3 Å². The van der Waals surface area contributed by atoms with Crippen LogP contribution in [0, 0.1) is 5.92 Å². The Bertz CT molecular complexity index is 684. The Morgan fingerprint density at radius 2 is 2.10 bits per heavy atom. The van der Waals surface area contributed by atoms with Crippen LogP contribution in [0.4, 0.5) is 5.69 Å². The van der Waals surface area contributed by atoms with Crippen molar-refractivity contribution in [1.82, 2.24) is 9.78 Å². The summed E-state index contributed by atoms with van der Waals surface area (Å²) in [5, 5.41) is 4.13. The van der Waals surface area contributed by atoms with Gasteiger partial charge in [0.25, 0.3) is 5.56 Å². The lowest BCUT2D eigenvalue weighted by atomic mass is 9.99. The van der Waals surface area contributed by atoms with E-state index in [0.29, 0.717) is 10.4 Å². The van der Waals surface area contributed by atoms with E-state index >= 15 is 0 Å². The summed E-state index contributed by atoms with van der Waals surface area (Å²) in [6, 6.07) is 10.6. The predicted octanol–water partition coefficient (Wildman–Crippen LogP) is 2.61. The SMILES string of the molecule is Cn1ncc(N2CC[C@H](Cc3ccccc3)C2)c(Br)c1=O. The fourth-order valence-corrected chi connectivity index (χ4v) is 3.50. The zero-order chi connectivity index (χ0) is 14.8. The lowest BCUT2D eigenvalue weighted by Gasteiger charge is -2.19. The van der Waals surface area contributed by atoms with Gasteiger partial charge >= 0.3 is 0 Å². The zero-order valence-corrected chi connectivity index (χ0v) is 13.6. The maximum atomic E-state index is 11.9. The molecular weight excluding hydrogens is 330 g/mol. The number of aromatic nitrogens is 2. The molecule has 1 aromatic heterocycles. The Labute approximate surface area is 132 Å². The van der Waals surface area contributed by atoms with Crippen LogP contribution < -0.4 is 10.5 Å². The van der Waals surface area contributed by atoms with Crippen LogP contribution in [0.25, 0.3) is 0 Å². The van der Waals surface area contributed by atoms with Crippen molar-refractivity contribution >= 4 is 21.6 Å². The van der Waals surface area contributed by atoms with Crippen molar-refractivity contribution in [2.75, 3.05) is 18.0 Å². The molecule has 0 N–H and O–H groups in total. The van der Waals surface area contributed by atoms with E-state index in [4.69, 9.17) is 0 Å². The fourth-order valence-electron chi connectivity index (χ4n) is 2.89. The van der Waals surface area contributed by atoms with E-state index in [0.717, 1.165) is 31.6 Å². The Morgan fingerprint density at radius 3 is 2.86 bits per heavy atom. The fraction of sp³-hybridized carbons (Fsp3) is 0.375. The van der Waals surface area contributed by atoms with Crippen LogP contribution in [0.5, 0.6) is 0 Å². The summed E-state index contributed by atoms with van der Waals surface area (Å²) in [6.45, 7) is 1.95. The van der Waals surface area contributed by atoms with E-state index in [1.807, 2.05) is 6.07 Å². The van der Waals surface area contributed by atoms with E-state index in [2.05, 4.69) is 50.2 Å². The molecule has 0 amide bonds. The average molecular weight is 348 g/mol. The smallest absolute Gasteiger partial charge is 0.282 e. The summed E-state index contributed by atoms with van der Waals surface area (Å²) < 4.78 is 1.96. The molecule has 2 heterocycles. The standard InChI is InChI=1S/C16H18BrN3O/c1-19-16(21)15(17)14(10-18-19)20-8-7-13(11-20)9-12-5-3-2-4-6-12/h2-6,10,13H,7-9,11H2,1H3/t13-/m1/s1. The molecule has 0 spiro atoms. The lowest BCUT2D eigenvalue weighted by Crippen LogP contribution is -2.27. The minimum absolute atomic E-state index is 0.0843. The highest BCUT2D eigenvalue weighted by molar-refractivity contribution is 9.10. The first-order valence-electron chi connectivity index (χ1n) is 7.16. The van der Waals surface area contributed by atoms with Crippen molar-refractivity contribution in [3.8, 4) is 0 Å². The third-order valence-electron chi connectivity index (χ3n) is 4.05. The van der Waals surface area contributed by atoms with Gasteiger partial charge in [0.2, 0.25) is 0 Å². The monoisotopic (exact) mass is 347 g/mol. The van der Waals surface area contributed by atoms with Crippen molar-refractivity contribution in [1.29, 1.82) is 0 Å². The Hall–Kier alpha value is -1.62. The number of nitrogens with zero attached hydrogens (tertiary/aromatic N) is 3. The van der Waals surface area contributed by atoms with Gasteiger partial charge in [-0.25, -0.2) is 4.68 Å². The summed E-state index contributed by atoms with van der Waals surface area (Å²) in [6.07, 6.45) is 4.01. The van der Waals surface area contributed by atoms with Gasteiger partial charge in [-0.2, -0.15) is 5.10 Å². The second-order valence-corrected chi connectivity index (χ2v) is 6.36. The van der Waals surface area contributed by atoms with Crippen LogP contribution in [0.15, 0.2) is 45.8 Å². The van der Waals surface area contributed by atoms with Gasteiger partial charge in [-0.1, -0.05) is 30.3 Å². The molecule has 21 heavy (non-hydrogen) atoms. The molecule has 1 fully saturated rings. The van der Waals surface area contributed by atoms with Crippen molar-refractivity contribution in [2.24, 2.45) is 13.0 Å². The van der Waals surface area contributed by atoms with E-state index in [1.54, 1.807) is 13.2 Å². The second kappa shape index (κ2) is 6.02. The Kier molecular flexibility index (Phi) is 4.10. The van der Waals surface area contributed by atoms with Crippen molar-refractivity contribution in [3.63, 3.8) is 0 Å². The number of aryl methyl sites for hydroxylation is 1. The molecule has 1 aliphatic rings. The summed E-state index contributed by atoms with van der Waals surface area (Å²) in [4.78, 5) is 14.2. The summed E-state index contributed by atoms with van der Waals surface area (Å²) in [7, 11) is 1.67. The van der Waals surface area contributed by atoms with Gasteiger partial charge in [-0.15, -0.1) is 0 Å². The molecular formula is C16H18BrN3O. The van der Waals surface area contributed by atoms with E-state index < -0.39 is 0 Å².